The number of rotatable bonds is 6. The number of hydrogen-bond donors (Lipinski definition) is 1. The molecule has 1 amide bonds. The lowest BCUT2D eigenvalue weighted by molar-refractivity contribution is -0.118. The molecule has 0 unspecified atom stereocenters. The van der Waals surface area contributed by atoms with Crippen LogP contribution in [0.3, 0.4) is 0 Å². The molecule has 4 nitrogen and oxygen atoms in total. The lowest BCUT2D eigenvalue weighted by Gasteiger charge is -2.06. The van der Waals surface area contributed by atoms with E-state index in [1.54, 1.807) is 11.3 Å². The van der Waals surface area contributed by atoms with Crippen molar-refractivity contribution in [3.63, 3.8) is 0 Å². The third-order valence-corrected chi connectivity index (χ3v) is 5.71. The molecule has 1 aromatic carbocycles. The largest absolute Gasteiger partial charge is 0.351 e. The number of amides is 1. The standard InChI is InChI=1S/C18H19N3OS2/c1-3-14-9-15-17(20-12(2)21-18(15)24-14)23-11-16(22)19-10-13-7-5-4-6-8-13/h4-9H,3,10-11H2,1-2H3,(H,19,22). The molecule has 6 heteroatoms. The van der Waals surface area contributed by atoms with Crippen molar-refractivity contribution in [1.82, 2.24) is 15.3 Å². The van der Waals surface area contributed by atoms with Gasteiger partial charge in [-0.2, -0.15) is 0 Å². The highest BCUT2D eigenvalue weighted by Gasteiger charge is 2.12. The SMILES string of the molecule is CCc1cc2c(SCC(=O)NCc3ccccc3)nc(C)nc2s1. The van der Waals surface area contributed by atoms with Crippen LogP contribution >= 0.6 is 23.1 Å². The van der Waals surface area contributed by atoms with Crippen molar-refractivity contribution < 1.29 is 4.79 Å². The first-order valence-corrected chi connectivity index (χ1v) is 9.66. The molecule has 3 aromatic rings. The average molecular weight is 358 g/mol. The summed E-state index contributed by atoms with van der Waals surface area (Å²) in [5.41, 5.74) is 1.10. The van der Waals surface area contributed by atoms with Gasteiger partial charge >= 0.3 is 0 Å². The molecule has 0 saturated carbocycles. The van der Waals surface area contributed by atoms with E-state index in [1.807, 2.05) is 37.3 Å². The second-order valence-electron chi connectivity index (χ2n) is 5.41. The highest BCUT2D eigenvalue weighted by molar-refractivity contribution is 8.00. The van der Waals surface area contributed by atoms with E-state index in [9.17, 15) is 4.79 Å². The Morgan fingerprint density at radius 3 is 2.79 bits per heavy atom. The van der Waals surface area contributed by atoms with Gasteiger partial charge in [0.1, 0.15) is 15.7 Å². The van der Waals surface area contributed by atoms with Crippen LogP contribution in [0.25, 0.3) is 10.2 Å². The van der Waals surface area contributed by atoms with Gasteiger partial charge in [0.2, 0.25) is 5.91 Å². The van der Waals surface area contributed by atoms with Crippen LogP contribution < -0.4 is 5.32 Å². The van der Waals surface area contributed by atoms with Crippen molar-refractivity contribution in [2.45, 2.75) is 31.8 Å². The number of carbonyl (C=O) groups excluding carboxylic acids is 1. The normalized spacial score (nSPS) is 10.9. The molecule has 3 rings (SSSR count). The minimum absolute atomic E-state index is 0.0132. The topological polar surface area (TPSA) is 54.9 Å². The van der Waals surface area contributed by atoms with Crippen LogP contribution in [0.5, 0.6) is 0 Å². The van der Waals surface area contributed by atoms with E-state index < -0.39 is 0 Å². The monoisotopic (exact) mass is 357 g/mol. The van der Waals surface area contributed by atoms with Crippen LogP contribution in [0.1, 0.15) is 23.2 Å². The molecule has 0 radical (unpaired) electrons. The summed E-state index contributed by atoms with van der Waals surface area (Å²) in [5.74, 6) is 1.12. The maximum atomic E-state index is 12.1. The van der Waals surface area contributed by atoms with E-state index in [4.69, 9.17) is 0 Å². The number of aryl methyl sites for hydroxylation is 2. The van der Waals surface area contributed by atoms with Gasteiger partial charge in [-0.05, 0) is 25.0 Å². The van der Waals surface area contributed by atoms with Crippen molar-refractivity contribution in [3.8, 4) is 0 Å². The quantitative estimate of drug-likeness (QED) is 0.536. The van der Waals surface area contributed by atoms with E-state index in [0.29, 0.717) is 12.3 Å². The van der Waals surface area contributed by atoms with Crippen molar-refractivity contribution in [2.24, 2.45) is 0 Å². The smallest absolute Gasteiger partial charge is 0.230 e. The summed E-state index contributed by atoms with van der Waals surface area (Å²) in [5, 5.41) is 4.90. The Labute approximate surface area is 149 Å². The van der Waals surface area contributed by atoms with Crippen molar-refractivity contribution in [1.29, 1.82) is 0 Å². The Balaban J connectivity index is 1.64. The van der Waals surface area contributed by atoms with Gasteiger partial charge < -0.3 is 5.32 Å². The Morgan fingerprint density at radius 1 is 1.25 bits per heavy atom. The molecule has 0 fully saturated rings. The first-order valence-electron chi connectivity index (χ1n) is 7.86. The second kappa shape index (κ2) is 7.77. The van der Waals surface area contributed by atoms with Crippen molar-refractivity contribution in [3.05, 3.63) is 52.7 Å². The molecule has 2 aromatic heterocycles. The highest BCUT2D eigenvalue weighted by atomic mass is 32.2. The number of carbonyl (C=O) groups is 1. The molecule has 0 aliphatic carbocycles. The predicted molar refractivity (Wildman–Crippen MR) is 101 cm³/mol. The summed E-state index contributed by atoms with van der Waals surface area (Å²) >= 11 is 3.18. The van der Waals surface area contributed by atoms with Crippen molar-refractivity contribution in [2.75, 3.05) is 5.75 Å². The summed E-state index contributed by atoms with van der Waals surface area (Å²) in [6.45, 7) is 4.58. The Hall–Kier alpha value is -1.92. The van der Waals surface area contributed by atoms with Crippen LogP contribution in [0.2, 0.25) is 0 Å². The zero-order chi connectivity index (χ0) is 16.9. The average Bonchev–Trinajstić information content (AvgIpc) is 3.01. The summed E-state index contributed by atoms with van der Waals surface area (Å²) in [6.07, 6.45) is 0.988. The number of thiophene rings is 1. The fraction of sp³-hybridized carbons (Fsp3) is 0.278. The minimum atomic E-state index is 0.0132. The number of aromatic nitrogens is 2. The molecule has 0 spiro atoms. The number of hydrogen-bond acceptors (Lipinski definition) is 5. The highest BCUT2D eigenvalue weighted by Crippen LogP contribution is 2.31. The zero-order valence-corrected chi connectivity index (χ0v) is 15.3. The molecule has 0 aliphatic heterocycles. The second-order valence-corrected chi connectivity index (χ2v) is 7.49. The molecule has 1 N–H and O–H groups in total. The van der Waals surface area contributed by atoms with E-state index in [2.05, 4.69) is 28.3 Å². The van der Waals surface area contributed by atoms with Gasteiger partial charge in [-0.25, -0.2) is 9.97 Å². The van der Waals surface area contributed by atoms with Crippen LogP contribution in [-0.2, 0) is 17.8 Å². The lowest BCUT2D eigenvalue weighted by Crippen LogP contribution is -2.24. The van der Waals surface area contributed by atoms with Crippen molar-refractivity contribution >= 4 is 39.2 Å². The van der Waals surface area contributed by atoms with Gasteiger partial charge in [0, 0.05) is 16.8 Å². The van der Waals surface area contributed by atoms with Crippen LogP contribution in [-0.4, -0.2) is 21.6 Å². The number of thioether (sulfide) groups is 1. The summed E-state index contributed by atoms with van der Waals surface area (Å²) in [4.78, 5) is 23.4. The van der Waals surface area contributed by atoms with E-state index >= 15 is 0 Å². The van der Waals surface area contributed by atoms with Gasteiger partial charge in [-0.15, -0.1) is 11.3 Å². The Kier molecular flexibility index (Phi) is 5.48. The Morgan fingerprint density at radius 2 is 2.04 bits per heavy atom. The summed E-state index contributed by atoms with van der Waals surface area (Å²) < 4.78 is 0. The van der Waals surface area contributed by atoms with E-state index in [-0.39, 0.29) is 5.91 Å². The van der Waals surface area contributed by atoms with Gasteiger partial charge in [0.05, 0.1) is 5.75 Å². The van der Waals surface area contributed by atoms with Crippen LogP contribution in [0.4, 0.5) is 0 Å². The first-order chi connectivity index (χ1) is 11.7. The molecule has 24 heavy (non-hydrogen) atoms. The fourth-order valence-corrected chi connectivity index (χ4v) is 4.27. The molecule has 0 atom stereocenters. The van der Waals surface area contributed by atoms with Gasteiger partial charge in [0.15, 0.2) is 0 Å². The predicted octanol–water partition coefficient (Wildman–Crippen LogP) is 3.97. The minimum Gasteiger partial charge on any atom is -0.351 e. The molecule has 0 bridgehead atoms. The molecule has 2 heterocycles. The maximum Gasteiger partial charge on any atom is 0.230 e. The van der Waals surface area contributed by atoms with Crippen LogP contribution in [0.15, 0.2) is 41.4 Å². The third kappa shape index (κ3) is 4.13. The number of nitrogens with zero attached hydrogens (tertiary/aromatic N) is 2. The number of fused-ring (bicyclic) bond motifs is 1. The summed E-state index contributed by atoms with van der Waals surface area (Å²) in [6, 6.07) is 12.1. The molecule has 0 aliphatic rings. The first kappa shape index (κ1) is 16.9. The molecule has 124 valence electrons. The Bertz CT molecular complexity index is 846. The van der Waals surface area contributed by atoms with E-state index in [1.165, 1.54) is 16.6 Å². The third-order valence-electron chi connectivity index (χ3n) is 3.54. The maximum absolute atomic E-state index is 12.1. The molecular formula is C18H19N3OS2. The fourth-order valence-electron chi connectivity index (χ4n) is 2.31. The molecule has 0 saturated heterocycles. The van der Waals surface area contributed by atoms with Gasteiger partial charge in [-0.3, -0.25) is 4.79 Å². The number of benzene rings is 1. The summed E-state index contributed by atoms with van der Waals surface area (Å²) in [7, 11) is 0. The van der Waals surface area contributed by atoms with Gasteiger partial charge in [-0.1, -0.05) is 49.0 Å². The van der Waals surface area contributed by atoms with E-state index in [0.717, 1.165) is 33.1 Å². The lowest BCUT2D eigenvalue weighted by atomic mass is 10.2. The van der Waals surface area contributed by atoms with Crippen LogP contribution in [0, 0.1) is 6.92 Å². The van der Waals surface area contributed by atoms with Gasteiger partial charge in [0.25, 0.3) is 0 Å². The molecular weight excluding hydrogens is 338 g/mol. The zero-order valence-electron chi connectivity index (χ0n) is 13.7. The number of nitrogens with one attached hydrogen (secondary N) is 1.